The summed E-state index contributed by atoms with van der Waals surface area (Å²) in [7, 11) is 0. The fourth-order valence-electron chi connectivity index (χ4n) is 0.801. The summed E-state index contributed by atoms with van der Waals surface area (Å²) in [6, 6.07) is 0. The molecule has 0 heterocycles. The van der Waals surface area contributed by atoms with Crippen LogP contribution in [-0.4, -0.2) is 69.0 Å². The average Bonchev–Trinajstić information content (AvgIpc) is 2.57. The number of carboxylic acid groups (broad SMARTS) is 2. The highest BCUT2D eigenvalue weighted by Gasteiger charge is 1.90. The fraction of sp³-hybridized carbons (Fsp3) is 0.667. The quantitative estimate of drug-likeness (QED) is 0.246. The van der Waals surface area contributed by atoms with Gasteiger partial charge in [-0.15, -0.1) is 0 Å². The van der Waals surface area contributed by atoms with Crippen LogP contribution in [0, 0.1) is 0 Å². The monoisotopic (exact) mass is 380 g/mol. The van der Waals surface area contributed by atoms with Crippen molar-refractivity contribution in [1.29, 1.82) is 0 Å². The Balaban J connectivity index is -0.000000124. The van der Waals surface area contributed by atoms with Crippen molar-refractivity contribution in [2.24, 2.45) is 0 Å². The van der Waals surface area contributed by atoms with E-state index in [0.29, 0.717) is 0 Å². The van der Waals surface area contributed by atoms with Gasteiger partial charge in [0.05, 0.1) is 0 Å². The minimum atomic E-state index is -0.935. The van der Waals surface area contributed by atoms with Crippen LogP contribution in [0.3, 0.4) is 0 Å². The fourth-order valence-corrected chi connectivity index (χ4v) is 0.801. The van der Waals surface area contributed by atoms with Crippen molar-refractivity contribution in [1.82, 2.24) is 0 Å². The van der Waals surface area contributed by atoms with E-state index < -0.39 is 11.9 Å². The van der Waals surface area contributed by atoms with Crippen LogP contribution in [0.2, 0.25) is 0 Å². The molecule has 0 saturated carbocycles. The lowest BCUT2D eigenvalue weighted by Crippen LogP contribution is -1.92. The molecule has 0 spiro atoms. The van der Waals surface area contributed by atoms with Crippen molar-refractivity contribution in [3.05, 3.63) is 24.3 Å². The van der Waals surface area contributed by atoms with Crippen molar-refractivity contribution in [2.75, 3.05) is 26.4 Å². The van der Waals surface area contributed by atoms with Gasteiger partial charge in [-0.25, -0.2) is 9.59 Å². The van der Waals surface area contributed by atoms with E-state index in [1.54, 1.807) is 0 Å². The molecule has 0 bridgehead atoms. The molecule has 0 aromatic heterocycles. The van der Waals surface area contributed by atoms with Crippen LogP contribution in [0.4, 0.5) is 0 Å². The Morgan fingerprint density at radius 1 is 0.577 bits per heavy atom. The van der Waals surface area contributed by atoms with E-state index in [-0.39, 0.29) is 37.6 Å². The molecule has 8 heteroatoms. The summed E-state index contributed by atoms with van der Waals surface area (Å²) in [6.07, 6.45) is 5.16. The third-order valence-corrected chi connectivity index (χ3v) is 2.36. The number of aliphatic carboxylic acids is 2. The van der Waals surface area contributed by atoms with E-state index in [1.165, 1.54) is 13.8 Å². The molecule has 156 valence electrons. The topological polar surface area (TPSA) is 156 Å². The summed E-state index contributed by atoms with van der Waals surface area (Å²) in [5.41, 5.74) is 0.352. The summed E-state index contributed by atoms with van der Waals surface area (Å²) in [4.78, 5) is 19.2. The van der Waals surface area contributed by atoms with Gasteiger partial charge in [0.2, 0.25) is 0 Å². The van der Waals surface area contributed by atoms with Crippen molar-refractivity contribution in [3.63, 3.8) is 0 Å². The highest BCUT2D eigenvalue weighted by Crippen LogP contribution is 1.91. The molecule has 0 fully saturated rings. The van der Waals surface area contributed by atoms with E-state index in [2.05, 4.69) is 13.2 Å². The second-order valence-corrected chi connectivity index (χ2v) is 5.19. The maximum Gasteiger partial charge on any atom is 0.330 e. The van der Waals surface area contributed by atoms with Gasteiger partial charge < -0.3 is 30.6 Å². The number of rotatable bonds is 10. The average molecular weight is 380 g/mol. The molecule has 0 aliphatic rings. The smallest absolute Gasteiger partial charge is 0.330 e. The van der Waals surface area contributed by atoms with E-state index in [1.807, 2.05) is 0 Å². The number of hydrogen-bond acceptors (Lipinski definition) is 6. The first-order valence-corrected chi connectivity index (χ1v) is 8.33. The van der Waals surface area contributed by atoms with E-state index in [9.17, 15) is 9.59 Å². The van der Waals surface area contributed by atoms with E-state index in [0.717, 1.165) is 38.5 Å². The normalized spacial score (nSPS) is 8.54. The maximum absolute atomic E-state index is 9.60. The first-order valence-electron chi connectivity index (χ1n) is 8.33. The lowest BCUT2D eigenvalue weighted by Gasteiger charge is -1.90. The predicted octanol–water partition coefficient (Wildman–Crippen LogP) is 1.58. The molecule has 0 aliphatic heterocycles. The van der Waals surface area contributed by atoms with Crippen LogP contribution in [-0.2, 0) is 9.59 Å². The van der Waals surface area contributed by atoms with Crippen LogP contribution in [0.5, 0.6) is 0 Å². The molecule has 26 heavy (non-hydrogen) atoms. The Hall–Kier alpha value is -1.74. The van der Waals surface area contributed by atoms with Gasteiger partial charge in [0.15, 0.2) is 0 Å². The molecule has 0 unspecified atom stereocenters. The third-order valence-electron chi connectivity index (χ3n) is 2.36. The zero-order valence-corrected chi connectivity index (χ0v) is 16.0. The zero-order valence-electron chi connectivity index (χ0n) is 16.0. The lowest BCUT2D eigenvalue weighted by atomic mass is 10.2. The van der Waals surface area contributed by atoms with Crippen molar-refractivity contribution in [3.8, 4) is 0 Å². The Morgan fingerprint density at radius 2 is 0.731 bits per heavy atom. The summed E-state index contributed by atoms with van der Waals surface area (Å²) >= 11 is 0. The number of unbranched alkanes of at least 4 members (excludes halogenated alkanes) is 4. The third kappa shape index (κ3) is 49.5. The largest absolute Gasteiger partial charge is 0.478 e. The van der Waals surface area contributed by atoms with Gasteiger partial charge in [-0.2, -0.15) is 0 Å². The predicted molar refractivity (Wildman–Crippen MR) is 101 cm³/mol. The molecule has 6 N–H and O–H groups in total. The number of aliphatic hydroxyl groups excluding tert-OH is 4. The Kier molecular flexibility index (Phi) is 34.5. The minimum absolute atomic E-state index is 0.176. The van der Waals surface area contributed by atoms with Gasteiger partial charge in [0.1, 0.15) is 0 Å². The molecular formula is C18H36O8. The lowest BCUT2D eigenvalue weighted by molar-refractivity contribution is -0.133. The van der Waals surface area contributed by atoms with Gasteiger partial charge in [0.25, 0.3) is 0 Å². The minimum Gasteiger partial charge on any atom is -0.478 e. The second kappa shape index (κ2) is 28.1. The molecule has 0 radical (unpaired) electrons. The molecule has 0 aliphatic carbocycles. The second-order valence-electron chi connectivity index (χ2n) is 5.19. The molecule has 0 saturated heterocycles. The molecule has 0 atom stereocenters. The number of hydrogen-bond donors (Lipinski definition) is 6. The highest BCUT2D eigenvalue weighted by molar-refractivity contribution is 5.85. The molecule has 0 aromatic carbocycles. The van der Waals surface area contributed by atoms with Crippen LogP contribution in [0.15, 0.2) is 24.3 Å². The summed E-state index contributed by atoms with van der Waals surface area (Å²) < 4.78 is 0. The van der Waals surface area contributed by atoms with E-state index in [4.69, 9.17) is 30.6 Å². The Morgan fingerprint density at radius 3 is 0.808 bits per heavy atom. The van der Waals surface area contributed by atoms with Gasteiger partial charge >= 0.3 is 11.9 Å². The molecule has 0 amide bonds. The SMILES string of the molecule is C=C(C)C(=O)O.C=C(C)C(=O)O.OCCCCCO.OCCCCCO. The van der Waals surface area contributed by atoms with Crippen LogP contribution in [0.25, 0.3) is 0 Å². The molecule has 0 rings (SSSR count). The van der Waals surface area contributed by atoms with E-state index >= 15 is 0 Å². The van der Waals surface area contributed by atoms with Gasteiger partial charge in [-0.3, -0.25) is 0 Å². The van der Waals surface area contributed by atoms with Gasteiger partial charge in [-0.1, -0.05) is 13.2 Å². The number of carboxylic acids is 2. The molecule has 8 nitrogen and oxygen atoms in total. The first kappa shape index (κ1) is 32.0. The summed E-state index contributed by atoms with van der Waals surface area (Å²) in [5, 5.41) is 48.6. The zero-order chi connectivity index (χ0) is 21.4. The maximum atomic E-state index is 9.60. The molecular weight excluding hydrogens is 344 g/mol. The van der Waals surface area contributed by atoms with Gasteiger partial charge in [0, 0.05) is 37.6 Å². The van der Waals surface area contributed by atoms with Crippen LogP contribution in [0.1, 0.15) is 52.4 Å². The van der Waals surface area contributed by atoms with Crippen LogP contribution < -0.4 is 0 Å². The van der Waals surface area contributed by atoms with Crippen molar-refractivity contribution in [2.45, 2.75) is 52.4 Å². The standard InChI is InChI=1S/2C5H12O2.2C4H6O2/c2*6-4-2-1-3-5-7;2*1-3(2)4(5)6/h2*6-7H,1-5H2;2*1H2,2H3,(H,5,6). The Bertz CT molecular complexity index is 287. The summed E-state index contributed by atoms with van der Waals surface area (Å²) in [5.74, 6) is -1.87. The Labute approximate surface area is 156 Å². The molecule has 0 aromatic rings. The van der Waals surface area contributed by atoms with Crippen molar-refractivity contribution >= 4 is 11.9 Å². The summed E-state index contributed by atoms with van der Waals surface area (Å²) in [6.45, 7) is 10.2. The number of aliphatic hydroxyl groups is 4. The van der Waals surface area contributed by atoms with Crippen LogP contribution >= 0.6 is 0 Å². The first-order chi connectivity index (χ1) is 12.1. The van der Waals surface area contributed by atoms with Gasteiger partial charge in [-0.05, 0) is 52.4 Å². The number of carbonyl (C=O) groups is 2. The van der Waals surface area contributed by atoms with Crippen molar-refractivity contribution < 1.29 is 40.2 Å². The highest BCUT2D eigenvalue weighted by atomic mass is 16.4.